The molecular formula is C20H28ClN4O4+. The second kappa shape index (κ2) is 9.09. The molecule has 8 nitrogen and oxygen atoms in total. The minimum absolute atomic E-state index is 0.0856. The molecule has 2 saturated heterocycles. The first-order valence-corrected chi connectivity index (χ1v) is 10.5. The molecule has 1 aromatic carbocycles. The predicted octanol–water partition coefficient (Wildman–Crippen LogP) is 1.09. The van der Waals surface area contributed by atoms with E-state index in [1.165, 1.54) is 29.5 Å². The molecule has 1 aromatic rings. The van der Waals surface area contributed by atoms with Gasteiger partial charge in [0.15, 0.2) is 6.54 Å². The summed E-state index contributed by atoms with van der Waals surface area (Å²) >= 11 is 6.09. The number of halogens is 1. The van der Waals surface area contributed by atoms with Gasteiger partial charge in [-0.2, -0.15) is 0 Å². The van der Waals surface area contributed by atoms with Gasteiger partial charge >= 0.3 is 0 Å². The Hall–Kier alpha value is -2.19. The summed E-state index contributed by atoms with van der Waals surface area (Å²) in [6, 6.07) is 3.90. The molecule has 2 fully saturated rings. The summed E-state index contributed by atoms with van der Waals surface area (Å²) in [6.45, 7) is 8.96. The smallest absolute Gasteiger partial charge is 0.277 e. The maximum Gasteiger partial charge on any atom is 0.277 e. The first kappa shape index (κ1) is 21.5. The zero-order valence-electron chi connectivity index (χ0n) is 16.9. The molecule has 3 rings (SSSR count). The van der Waals surface area contributed by atoms with Crippen LogP contribution in [0.15, 0.2) is 18.2 Å². The molecule has 0 bridgehead atoms. The number of hydrogen-bond acceptors (Lipinski definition) is 4. The number of hydrogen-bond donors (Lipinski definition) is 1. The highest BCUT2D eigenvalue weighted by Gasteiger charge is 2.31. The molecule has 9 heteroatoms. The lowest BCUT2D eigenvalue weighted by Crippen LogP contribution is -3.15. The molecule has 2 aliphatic rings. The van der Waals surface area contributed by atoms with Gasteiger partial charge in [-0.25, -0.2) is 0 Å². The quantitative estimate of drug-likeness (QED) is 0.580. The minimum atomic E-state index is -0.539. The van der Waals surface area contributed by atoms with Crippen LogP contribution in [0.1, 0.15) is 30.6 Å². The highest BCUT2D eigenvalue weighted by atomic mass is 35.5. The lowest BCUT2D eigenvalue weighted by atomic mass is 9.92. The number of nitro benzene ring substituents is 1. The number of piperidine rings is 1. The van der Waals surface area contributed by atoms with E-state index in [9.17, 15) is 19.7 Å². The number of piperazine rings is 1. The highest BCUT2D eigenvalue weighted by molar-refractivity contribution is 6.34. The van der Waals surface area contributed by atoms with Crippen LogP contribution in [0.4, 0.5) is 5.69 Å². The lowest BCUT2D eigenvalue weighted by molar-refractivity contribution is -0.896. The van der Waals surface area contributed by atoms with Gasteiger partial charge in [0.2, 0.25) is 0 Å². The summed E-state index contributed by atoms with van der Waals surface area (Å²) in [5.41, 5.74) is 0.133. The van der Waals surface area contributed by atoms with Crippen LogP contribution in [-0.2, 0) is 4.79 Å². The SMILES string of the molecule is C[C@@H]1C[C@@H](C)CN(C(=O)C[NH+]2CCN(C(=O)c3ccc([N+](=O)[O-])cc3Cl)CC2)C1. The fourth-order valence-electron chi connectivity index (χ4n) is 4.36. The van der Waals surface area contributed by atoms with Crippen molar-refractivity contribution in [2.24, 2.45) is 11.8 Å². The number of rotatable bonds is 4. The second-order valence-electron chi connectivity index (χ2n) is 8.39. The van der Waals surface area contributed by atoms with Gasteiger partial charge in [-0.15, -0.1) is 0 Å². The Morgan fingerprint density at radius 1 is 1.17 bits per heavy atom. The molecule has 0 aliphatic carbocycles. The normalized spacial score (nSPS) is 23.1. The maximum absolute atomic E-state index is 12.7. The molecule has 1 N–H and O–H groups in total. The Labute approximate surface area is 175 Å². The van der Waals surface area contributed by atoms with E-state index in [1.54, 1.807) is 4.90 Å². The molecule has 2 atom stereocenters. The fraction of sp³-hybridized carbons (Fsp3) is 0.600. The van der Waals surface area contributed by atoms with Crippen molar-refractivity contribution in [1.82, 2.24) is 9.80 Å². The summed E-state index contributed by atoms with van der Waals surface area (Å²) < 4.78 is 0. The molecule has 158 valence electrons. The van der Waals surface area contributed by atoms with E-state index in [2.05, 4.69) is 13.8 Å². The largest absolute Gasteiger partial charge is 0.337 e. The summed E-state index contributed by atoms with van der Waals surface area (Å²) in [6.07, 6.45) is 1.17. The number of nitro groups is 1. The standard InChI is InChI=1S/C20H27ClN4O4/c1-14-9-15(2)12-24(11-14)19(26)13-22-5-7-23(8-6-22)20(27)17-4-3-16(25(28)29)10-18(17)21/h3-4,10,14-15H,5-9,11-13H2,1-2H3/p+1/t14-,15-/m1/s1. The third-order valence-corrected chi connectivity index (χ3v) is 6.09. The van der Waals surface area contributed by atoms with Gasteiger partial charge in [-0.1, -0.05) is 25.4 Å². The van der Waals surface area contributed by atoms with Gasteiger partial charge in [0.1, 0.15) is 0 Å². The van der Waals surface area contributed by atoms with Crippen LogP contribution in [0, 0.1) is 22.0 Å². The van der Waals surface area contributed by atoms with Crippen molar-refractivity contribution in [3.05, 3.63) is 38.9 Å². The molecule has 0 aromatic heterocycles. The van der Waals surface area contributed by atoms with Gasteiger partial charge in [0.25, 0.3) is 17.5 Å². The van der Waals surface area contributed by atoms with E-state index in [-0.39, 0.29) is 28.1 Å². The molecule has 2 aliphatic heterocycles. The molecule has 2 amide bonds. The Morgan fingerprint density at radius 3 is 2.34 bits per heavy atom. The van der Waals surface area contributed by atoms with E-state index < -0.39 is 4.92 Å². The number of quaternary nitrogens is 1. The fourth-order valence-corrected chi connectivity index (χ4v) is 4.61. The Kier molecular flexibility index (Phi) is 6.74. The zero-order valence-corrected chi connectivity index (χ0v) is 17.7. The number of non-ortho nitro benzene ring substituents is 1. The van der Waals surface area contributed by atoms with Gasteiger partial charge < -0.3 is 14.7 Å². The van der Waals surface area contributed by atoms with Crippen LogP contribution >= 0.6 is 11.6 Å². The monoisotopic (exact) mass is 423 g/mol. The van der Waals surface area contributed by atoms with Crippen LogP contribution in [0.2, 0.25) is 5.02 Å². The Balaban J connectivity index is 1.53. The first-order valence-electron chi connectivity index (χ1n) is 10.1. The van der Waals surface area contributed by atoms with Crippen molar-refractivity contribution in [2.75, 3.05) is 45.8 Å². The summed E-state index contributed by atoms with van der Waals surface area (Å²) in [5.74, 6) is 1.04. The Morgan fingerprint density at radius 2 is 1.79 bits per heavy atom. The van der Waals surface area contributed by atoms with Crippen molar-refractivity contribution >= 4 is 29.1 Å². The highest BCUT2D eigenvalue weighted by Crippen LogP contribution is 2.24. The topological polar surface area (TPSA) is 88.2 Å². The zero-order chi connectivity index (χ0) is 21.1. The molecular weight excluding hydrogens is 396 g/mol. The third-order valence-electron chi connectivity index (χ3n) is 5.77. The van der Waals surface area contributed by atoms with Gasteiger partial charge in [-0.3, -0.25) is 19.7 Å². The molecule has 0 spiro atoms. The van der Waals surface area contributed by atoms with Crippen LogP contribution in [0.25, 0.3) is 0 Å². The van der Waals surface area contributed by atoms with Crippen molar-refractivity contribution < 1.29 is 19.4 Å². The van der Waals surface area contributed by atoms with Gasteiger partial charge in [0, 0.05) is 25.2 Å². The van der Waals surface area contributed by atoms with Crippen LogP contribution in [-0.4, -0.2) is 72.4 Å². The minimum Gasteiger partial charge on any atom is -0.337 e. The second-order valence-corrected chi connectivity index (χ2v) is 8.79. The summed E-state index contributed by atoms with van der Waals surface area (Å²) in [4.78, 5) is 40.6. The number of benzene rings is 1. The number of nitrogens with zero attached hydrogens (tertiary/aromatic N) is 3. The van der Waals surface area contributed by atoms with Gasteiger partial charge in [-0.05, 0) is 24.3 Å². The van der Waals surface area contributed by atoms with Crippen molar-refractivity contribution in [1.29, 1.82) is 0 Å². The maximum atomic E-state index is 12.7. The lowest BCUT2D eigenvalue weighted by Gasteiger charge is -2.37. The molecule has 29 heavy (non-hydrogen) atoms. The number of likely N-dealkylation sites (tertiary alicyclic amines) is 1. The number of carbonyl (C=O) groups excluding carboxylic acids is 2. The Bertz CT molecular complexity index is 785. The summed E-state index contributed by atoms with van der Waals surface area (Å²) in [7, 11) is 0. The predicted molar refractivity (Wildman–Crippen MR) is 109 cm³/mol. The van der Waals surface area contributed by atoms with E-state index in [4.69, 9.17) is 11.6 Å². The number of amides is 2. The molecule has 2 heterocycles. The number of nitrogens with one attached hydrogen (secondary N) is 1. The van der Waals surface area contributed by atoms with Crippen molar-refractivity contribution in [3.8, 4) is 0 Å². The van der Waals surface area contributed by atoms with E-state index in [0.717, 1.165) is 13.1 Å². The molecule has 0 unspecified atom stereocenters. The third kappa shape index (κ3) is 5.25. The van der Waals surface area contributed by atoms with Crippen LogP contribution in [0.3, 0.4) is 0 Å². The number of carbonyl (C=O) groups is 2. The van der Waals surface area contributed by atoms with Crippen LogP contribution in [0.5, 0.6) is 0 Å². The summed E-state index contributed by atoms with van der Waals surface area (Å²) in [5, 5.41) is 10.9. The van der Waals surface area contributed by atoms with Crippen molar-refractivity contribution in [3.63, 3.8) is 0 Å². The average molecular weight is 424 g/mol. The van der Waals surface area contributed by atoms with E-state index in [1.807, 2.05) is 4.90 Å². The van der Waals surface area contributed by atoms with Gasteiger partial charge in [0.05, 0.1) is 41.7 Å². The van der Waals surface area contributed by atoms with E-state index >= 15 is 0 Å². The average Bonchev–Trinajstić information content (AvgIpc) is 2.67. The van der Waals surface area contributed by atoms with Crippen molar-refractivity contribution in [2.45, 2.75) is 20.3 Å². The van der Waals surface area contributed by atoms with E-state index in [0.29, 0.717) is 44.6 Å². The molecule has 0 saturated carbocycles. The van der Waals surface area contributed by atoms with Crippen LogP contribution < -0.4 is 4.90 Å². The molecule has 0 radical (unpaired) electrons. The first-order chi connectivity index (χ1) is 13.7.